The average Bonchev–Trinajstić information content (AvgIpc) is 2.55. The molecular weight excluding hydrogens is 412 g/mol. The number of pyridine rings is 1. The molecule has 2 aromatic rings. The second kappa shape index (κ2) is 9.39. The van der Waals surface area contributed by atoms with Crippen LogP contribution in [0, 0.1) is 6.92 Å². The Hall–Kier alpha value is -2.12. The number of carboxylic acids is 1. The van der Waals surface area contributed by atoms with Crippen molar-refractivity contribution < 1.29 is 41.0 Å². The molecule has 0 saturated heterocycles. The molecule has 0 aliphatic heterocycles. The van der Waals surface area contributed by atoms with E-state index in [0.717, 1.165) is 5.56 Å². The van der Waals surface area contributed by atoms with Gasteiger partial charge in [0.2, 0.25) is 5.91 Å². The topological polar surface area (TPSA) is 79.5 Å². The summed E-state index contributed by atoms with van der Waals surface area (Å²) in [7, 11) is 1.36. The number of rotatable bonds is 6. The lowest BCUT2D eigenvalue weighted by molar-refractivity contribution is -0.695. The number of aryl methyl sites for hydroxylation is 2. The highest BCUT2D eigenvalue weighted by Gasteiger charge is 2.16. The first-order valence-electron chi connectivity index (χ1n) is 7.27. The number of nitrogens with zero attached hydrogens (tertiary/aromatic N) is 1. The molecule has 2 N–H and O–H groups in total. The molecular formula is C17H18BrClN2O4. The van der Waals surface area contributed by atoms with Gasteiger partial charge in [0.05, 0.1) is 24.2 Å². The minimum absolute atomic E-state index is 0. The Morgan fingerprint density at radius 3 is 2.48 bits per heavy atom. The van der Waals surface area contributed by atoms with Gasteiger partial charge in [-0.2, -0.15) is 0 Å². The van der Waals surface area contributed by atoms with Gasteiger partial charge in [-0.25, -0.2) is 9.36 Å². The van der Waals surface area contributed by atoms with E-state index in [0.29, 0.717) is 12.2 Å². The molecule has 0 unspecified atom stereocenters. The van der Waals surface area contributed by atoms with E-state index in [1.165, 1.54) is 19.2 Å². The molecule has 6 nitrogen and oxygen atoms in total. The normalized spacial score (nSPS) is 9.88. The van der Waals surface area contributed by atoms with E-state index >= 15 is 0 Å². The van der Waals surface area contributed by atoms with Gasteiger partial charge in [-0.3, -0.25) is 4.79 Å². The van der Waals surface area contributed by atoms with E-state index in [1.54, 1.807) is 0 Å². The van der Waals surface area contributed by atoms with Crippen LogP contribution in [-0.2, 0) is 11.3 Å². The third-order valence-corrected chi connectivity index (χ3v) is 3.76. The van der Waals surface area contributed by atoms with Gasteiger partial charge in [-0.15, -0.1) is 0 Å². The van der Waals surface area contributed by atoms with Crippen molar-refractivity contribution in [1.82, 2.24) is 0 Å². The number of methoxy groups -OCH3 is 1. The first-order valence-corrected chi connectivity index (χ1v) is 7.65. The Labute approximate surface area is 161 Å². The molecule has 0 aliphatic rings. The number of halogens is 2. The summed E-state index contributed by atoms with van der Waals surface area (Å²) in [5, 5.41) is 11.9. The predicted molar refractivity (Wildman–Crippen MR) is 89.6 cm³/mol. The van der Waals surface area contributed by atoms with Gasteiger partial charge >= 0.3 is 5.97 Å². The number of carboxylic acid groups (broad SMARTS) is 1. The lowest BCUT2D eigenvalue weighted by atomic mass is 10.1. The summed E-state index contributed by atoms with van der Waals surface area (Å²) in [6.45, 7) is 2.52. The monoisotopic (exact) mass is 428 g/mol. The number of benzene rings is 1. The molecule has 134 valence electrons. The van der Waals surface area contributed by atoms with E-state index in [4.69, 9.17) is 21.4 Å². The summed E-state index contributed by atoms with van der Waals surface area (Å²) >= 11 is 6.04. The fourth-order valence-corrected chi connectivity index (χ4v) is 2.32. The van der Waals surface area contributed by atoms with Gasteiger partial charge in [0.25, 0.3) is 0 Å². The van der Waals surface area contributed by atoms with Gasteiger partial charge in [-0.05, 0) is 18.6 Å². The molecule has 0 saturated carbocycles. The fraction of sp³-hybridized carbons (Fsp3) is 0.235. The van der Waals surface area contributed by atoms with Crippen molar-refractivity contribution in [1.29, 1.82) is 0 Å². The minimum Gasteiger partial charge on any atom is -1.00 e. The summed E-state index contributed by atoms with van der Waals surface area (Å²) in [5.74, 6) is -1.24. The van der Waals surface area contributed by atoms with E-state index in [1.807, 2.05) is 36.0 Å². The molecule has 0 aliphatic carbocycles. The Morgan fingerprint density at radius 2 is 1.92 bits per heavy atom. The maximum atomic E-state index is 12.1. The van der Waals surface area contributed by atoms with Crippen LogP contribution in [0.5, 0.6) is 5.75 Å². The summed E-state index contributed by atoms with van der Waals surface area (Å²) < 4.78 is 6.93. The average molecular weight is 430 g/mol. The smallest absolute Gasteiger partial charge is 0.339 e. The van der Waals surface area contributed by atoms with Crippen LogP contribution in [0.4, 0.5) is 5.69 Å². The molecule has 1 aromatic carbocycles. The van der Waals surface area contributed by atoms with Crippen LogP contribution in [0.2, 0.25) is 5.02 Å². The van der Waals surface area contributed by atoms with Gasteiger partial charge in [0.15, 0.2) is 18.9 Å². The maximum absolute atomic E-state index is 12.1. The second-order valence-electron chi connectivity index (χ2n) is 5.25. The van der Waals surface area contributed by atoms with Gasteiger partial charge in [0.1, 0.15) is 11.3 Å². The van der Waals surface area contributed by atoms with Crippen LogP contribution in [0.25, 0.3) is 0 Å². The molecule has 8 heteroatoms. The number of hydrogen-bond donors (Lipinski definition) is 2. The number of aromatic carboxylic acids is 1. The number of hydrogen-bond acceptors (Lipinski definition) is 3. The first kappa shape index (κ1) is 20.9. The van der Waals surface area contributed by atoms with Crippen molar-refractivity contribution in [2.45, 2.75) is 19.9 Å². The Kier molecular flexibility index (Phi) is 7.86. The second-order valence-corrected chi connectivity index (χ2v) is 5.66. The predicted octanol–water partition coefficient (Wildman–Crippen LogP) is -0.324. The van der Waals surface area contributed by atoms with Crippen molar-refractivity contribution in [2.24, 2.45) is 0 Å². The molecule has 0 radical (unpaired) electrons. The van der Waals surface area contributed by atoms with E-state index in [2.05, 4.69) is 5.32 Å². The summed E-state index contributed by atoms with van der Waals surface area (Å²) in [6, 6.07) is 6.59. The number of aromatic nitrogens is 1. The zero-order valence-corrected chi connectivity index (χ0v) is 16.1. The highest BCUT2D eigenvalue weighted by Crippen LogP contribution is 2.31. The van der Waals surface area contributed by atoms with Crippen LogP contribution >= 0.6 is 11.6 Å². The molecule has 0 bridgehead atoms. The quantitative estimate of drug-likeness (QED) is 0.617. The van der Waals surface area contributed by atoms with Crippen molar-refractivity contribution in [3.63, 3.8) is 0 Å². The van der Waals surface area contributed by atoms with Crippen LogP contribution in [0.1, 0.15) is 22.3 Å². The van der Waals surface area contributed by atoms with Crippen molar-refractivity contribution in [2.75, 3.05) is 12.4 Å². The number of carbonyl (C=O) groups is 2. The molecule has 0 atom stereocenters. The maximum Gasteiger partial charge on any atom is 0.339 e. The number of carbonyl (C=O) groups excluding carboxylic acids is 1. The molecule has 1 amide bonds. The lowest BCUT2D eigenvalue weighted by Gasteiger charge is -2.11. The largest absolute Gasteiger partial charge is 1.00 e. The Balaban J connectivity index is 0.00000312. The minimum atomic E-state index is -1.15. The molecule has 0 spiro atoms. The summed E-state index contributed by atoms with van der Waals surface area (Å²) in [4.78, 5) is 23.2. The number of anilines is 1. The first-order chi connectivity index (χ1) is 11.4. The van der Waals surface area contributed by atoms with Crippen LogP contribution in [0.3, 0.4) is 0 Å². The number of amides is 1. The molecule has 1 heterocycles. The third-order valence-electron chi connectivity index (χ3n) is 3.45. The van der Waals surface area contributed by atoms with Gasteiger partial charge in [-0.1, -0.05) is 11.6 Å². The van der Waals surface area contributed by atoms with E-state index in [-0.39, 0.29) is 45.6 Å². The zero-order chi connectivity index (χ0) is 17.7. The van der Waals surface area contributed by atoms with Crippen LogP contribution < -0.4 is 31.6 Å². The van der Waals surface area contributed by atoms with Gasteiger partial charge in [0, 0.05) is 18.2 Å². The number of ether oxygens (including phenoxy) is 1. The molecule has 0 fully saturated rings. The molecule has 1 aromatic heterocycles. The molecule has 2 rings (SSSR count). The lowest BCUT2D eigenvalue weighted by Crippen LogP contribution is -3.00. The van der Waals surface area contributed by atoms with Crippen LogP contribution in [-0.4, -0.2) is 24.1 Å². The van der Waals surface area contributed by atoms with Crippen molar-refractivity contribution in [3.8, 4) is 5.75 Å². The fourth-order valence-electron chi connectivity index (χ4n) is 2.11. The van der Waals surface area contributed by atoms with E-state index < -0.39 is 5.97 Å². The summed E-state index contributed by atoms with van der Waals surface area (Å²) in [5.41, 5.74) is 1.40. The molecule has 25 heavy (non-hydrogen) atoms. The Morgan fingerprint density at radius 1 is 1.28 bits per heavy atom. The zero-order valence-electron chi connectivity index (χ0n) is 13.8. The Bertz CT molecular complexity index is 766. The highest BCUT2D eigenvalue weighted by molar-refractivity contribution is 6.34. The third kappa shape index (κ3) is 5.72. The van der Waals surface area contributed by atoms with Crippen molar-refractivity contribution >= 4 is 29.2 Å². The van der Waals surface area contributed by atoms with Crippen molar-refractivity contribution in [3.05, 3.63) is 52.8 Å². The summed E-state index contributed by atoms with van der Waals surface area (Å²) in [6.07, 6.45) is 4.06. The number of nitrogens with one attached hydrogen (secondary N) is 1. The standard InChI is InChI=1S/C17H17ClN2O4.BrH/c1-11-3-6-20(7-4-11)8-5-16(21)19-14-10-15(24-2)12(17(22)23)9-13(14)18;/h3-4,6-7,9-10H,5,8H2,1-2H3,(H-,19,21,22,23);1H. The SMILES string of the molecule is COc1cc(NC(=O)CC[n+]2ccc(C)cc2)c(Cl)cc1C(=O)O.[Br-]. The van der Waals surface area contributed by atoms with Crippen LogP contribution in [0.15, 0.2) is 36.7 Å². The highest BCUT2D eigenvalue weighted by atomic mass is 79.9. The van der Waals surface area contributed by atoms with E-state index in [9.17, 15) is 9.59 Å². The van der Waals surface area contributed by atoms with Gasteiger partial charge < -0.3 is 32.1 Å².